The van der Waals surface area contributed by atoms with Crippen LogP contribution in [0.1, 0.15) is 39.5 Å². The summed E-state index contributed by atoms with van der Waals surface area (Å²) in [6, 6.07) is 0. The third-order valence-corrected chi connectivity index (χ3v) is 2.96. The highest BCUT2D eigenvalue weighted by Crippen LogP contribution is 2.17. The van der Waals surface area contributed by atoms with Crippen molar-refractivity contribution in [2.75, 3.05) is 13.1 Å². The van der Waals surface area contributed by atoms with Gasteiger partial charge in [-0.1, -0.05) is 20.3 Å². The molecule has 3 nitrogen and oxygen atoms in total. The fourth-order valence-corrected chi connectivity index (χ4v) is 1.85. The third kappa shape index (κ3) is 2.98. The average Bonchev–Trinajstić information content (AvgIpc) is 2.18. The summed E-state index contributed by atoms with van der Waals surface area (Å²) in [5.41, 5.74) is 0. The summed E-state index contributed by atoms with van der Waals surface area (Å²) in [5, 5.41) is 9.52. The van der Waals surface area contributed by atoms with Gasteiger partial charge >= 0.3 is 0 Å². The molecule has 2 atom stereocenters. The summed E-state index contributed by atoms with van der Waals surface area (Å²) < 4.78 is 0. The minimum absolute atomic E-state index is 0.217. The number of nitrogens with zero attached hydrogens (tertiary/aromatic N) is 1. The number of hydrogen-bond donors (Lipinski definition) is 1. The molecule has 0 aromatic rings. The van der Waals surface area contributed by atoms with Crippen LogP contribution in [0.2, 0.25) is 0 Å². The van der Waals surface area contributed by atoms with E-state index in [0.717, 1.165) is 32.4 Å². The minimum atomic E-state index is -0.217. The fourth-order valence-electron chi connectivity index (χ4n) is 1.85. The molecule has 1 aliphatic heterocycles. The van der Waals surface area contributed by atoms with Crippen LogP contribution in [-0.4, -0.2) is 35.1 Å². The SMILES string of the molecule is CCCCC(=O)N1CCC(O)C(C)C1. The summed E-state index contributed by atoms with van der Waals surface area (Å²) in [7, 11) is 0. The van der Waals surface area contributed by atoms with Crippen LogP contribution in [0.15, 0.2) is 0 Å². The number of aliphatic hydroxyl groups is 1. The van der Waals surface area contributed by atoms with Crippen molar-refractivity contribution in [3.05, 3.63) is 0 Å². The molecule has 1 fully saturated rings. The lowest BCUT2D eigenvalue weighted by molar-refractivity contribution is -0.134. The van der Waals surface area contributed by atoms with Gasteiger partial charge in [0, 0.05) is 19.5 Å². The molecular weight excluding hydrogens is 178 g/mol. The van der Waals surface area contributed by atoms with Gasteiger partial charge in [0.2, 0.25) is 5.91 Å². The maximum absolute atomic E-state index is 11.7. The van der Waals surface area contributed by atoms with Gasteiger partial charge in [0.05, 0.1) is 6.10 Å². The highest BCUT2D eigenvalue weighted by Gasteiger charge is 2.26. The standard InChI is InChI=1S/C11H21NO2/c1-3-4-5-11(14)12-7-6-10(13)9(2)8-12/h9-10,13H,3-8H2,1-2H3. The van der Waals surface area contributed by atoms with Crippen LogP contribution in [0.5, 0.6) is 0 Å². The molecule has 2 unspecified atom stereocenters. The van der Waals surface area contributed by atoms with E-state index in [1.807, 2.05) is 11.8 Å². The van der Waals surface area contributed by atoms with Crippen molar-refractivity contribution in [3.63, 3.8) is 0 Å². The van der Waals surface area contributed by atoms with E-state index in [1.165, 1.54) is 0 Å². The average molecular weight is 199 g/mol. The van der Waals surface area contributed by atoms with Crippen molar-refractivity contribution in [2.45, 2.75) is 45.6 Å². The molecule has 0 aromatic carbocycles. The van der Waals surface area contributed by atoms with Crippen LogP contribution in [-0.2, 0) is 4.79 Å². The predicted octanol–water partition coefficient (Wildman–Crippen LogP) is 1.41. The first-order valence-electron chi connectivity index (χ1n) is 5.61. The number of hydrogen-bond acceptors (Lipinski definition) is 2. The monoisotopic (exact) mass is 199 g/mol. The third-order valence-electron chi connectivity index (χ3n) is 2.96. The van der Waals surface area contributed by atoms with Crippen LogP contribution in [0.25, 0.3) is 0 Å². The molecule has 0 saturated carbocycles. The Bertz CT molecular complexity index is 194. The topological polar surface area (TPSA) is 40.5 Å². The molecule has 1 N–H and O–H groups in total. The van der Waals surface area contributed by atoms with Crippen LogP contribution in [0.4, 0.5) is 0 Å². The fraction of sp³-hybridized carbons (Fsp3) is 0.909. The van der Waals surface area contributed by atoms with E-state index in [-0.39, 0.29) is 17.9 Å². The largest absolute Gasteiger partial charge is 0.393 e. The maximum atomic E-state index is 11.7. The molecule has 1 aliphatic rings. The first kappa shape index (κ1) is 11.5. The second-order valence-electron chi connectivity index (χ2n) is 4.28. The Kier molecular flexibility index (Phi) is 4.39. The summed E-state index contributed by atoms with van der Waals surface area (Å²) in [6.45, 7) is 5.55. The van der Waals surface area contributed by atoms with E-state index in [2.05, 4.69) is 6.92 Å². The molecular formula is C11H21NO2. The van der Waals surface area contributed by atoms with Crippen LogP contribution >= 0.6 is 0 Å². The van der Waals surface area contributed by atoms with Crippen molar-refractivity contribution in [3.8, 4) is 0 Å². The number of unbranched alkanes of at least 4 members (excludes halogenated alkanes) is 1. The van der Waals surface area contributed by atoms with E-state index in [1.54, 1.807) is 0 Å². The van der Waals surface area contributed by atoms with Crippen molar-refractivity contribution in [2.24, 2.45) is 5.92 Å². The van der Waals surface area contributed by atoms with Gasteiger partial charge in [-0.2, -0.15) is 0 Å². The van der Waals surface area contributed by atoms with Gasteiger partial charge in [-0.25, -0.2) is 0 Å². The van der Waals surface area contributed by atoms with Crippen molar-refractivity contribution >= 4 is 5.91 Å². The first-order chi connectivity index (χ1) is 6.65. The zero-order chi connectivity index (χ0) is 10.6. The van der Waals surface area contributed by atoms with E-state index in [0.29, 0.717) is 6.42 Å². The van der Waals surface area contributed by atoms with E-state index < -0.39 is 0 Å². The lowest BCUT2D eigenvalue weighted by Crippen LogP contribution is -2.44. The van der Waals surface area contributed by atoms with Crippen molar-refractivity contribution < 1.29 is 9.90 Å². The summed E-state index contributed by atoms with van der Waals surface area (Å²) in [5.74, 6) is 0.486. The molecule has 82 valence electrons. The number of carbonyl (C=O) groups is 1. The van der Waals surface area contributed by atoms with E-state index in [4.69, 9.17) is 0 Å². The van der Waals surface area contributed by atoms with E-state index in [9.17, 15) is 9.90 Å². The highest BCUT2D eigenvalue weighted by molar-refractivity contribution is 5.76. The maximum Gasteiger partial charge on any atom is 0.222 e. The Morgan fingerprint density at radius 3 is 2.86 bits per heavy atom. The van der Waals surface area contributed by atoms with Gasteiger partial charge in [0.1, 0.15) is 0 Å². The minimum Gasteiger partial charge on any atom is -0.393 e. The first-order valence-corrected chi connectivity index (χ1v) is 5.61. The molecule has 1 saturated heterocycles. The lowest BCUT2D eigenvalue weighted by Gasteiger charge is -2.34. The molecule has 1 heterocycles. The number of aliphatic hydroxyl groups excluding tert-OH is 1. The predicted molar refractivity (Wildman–Crippen MR) is 55.9 cm³/mol. The van der Waals surface area contributed by atoms with Crippen LogP contribution < -0.4 is 0 Å². The Balaban J connectivity index is 2.34. The van der Waals surface area contributed by atoms with Crippen molar-refractivity contribution in [1.82, 2.24) is 4.90 Å². The molecule has 0 spiro atoms. The molecule has 14 heavy (non-hydrogen) atoms. The molecule has 0 bridgehead atoms. The van der Waals surface area contributed by atoms with Gasteiger partial charge in [0.25, 0.3) is 0 Å². The number of amides is 1. The molecule has 1 amide bonds. The molecule has 0 aromatic heterocycles. The number of likely N-dealkylation sites (tertiary alicyclic amines) is 1. The smallest absolute Gasteiger partial charge is 0.222 e. The quantitative estimate of drug-likeness (QED) is 0.746. The summed E-state index contributed by atoms with van der Waals surface area (Å²) in [4.78, 5) is 13.5. The Hall–Kier alpha value is -0.570. The molecule has 0 aliphatic carbocycles. The Morgan fingerprint density at radius 1 is 1.57 bits per heavy atom. The molecule has 1 rings (SSSR count). The second kappa shape index (κ2) is 5.35. The zero-order valence-corrected chi connectivity index (χ0v) is 9.20. The second-order valence-corrected chi connectivity index (χ2v) is 4.28. The normalized spacial score (nSPS) is 27.8. The summed E-state index contributed by atoms with van der Waals surface area (Å²) >= 11 is 0. The number of piperidine rings is 1. The highest BCUT2D eigenvalue weighted by atomic mass is 16.3. The Morgan fingerprint density at radius 2 is 2.29 bits per heavy atom. The van der Waals surface area contributed by atoms with Crippen LogP contribution in [0, 0.1) is 5.92 Å². The van der Waals surface area contributed by atoms with E-state index >= 15 is 0 Å². The van der Waals surface area contributed by atoms with Crippen LogP contribution in [0.3, 0.4) is 0 Å². The molecule has 0 radical (unpaired) electrons. The Labute approximate surface area is 86.1 Å². The lowest BCUT2D eigenvalue weighted by atomic mass is 9.96. The van der Waals surface area contributed by atoms with Gasteiger partial charge in [-0.3, -0.25) is 4.79 Å². The van der Waals surface area contributed by atoms with Gasteiger partial charge < -0.3 is 10.0 Å². The van der Waals surface area contributed by atoms with Gasteiger partial charge in [-0.05, 0) is 18.8 Å². The molecule has 3 heteroatoms. The summed E-state index contributed by atoms with van der Waals surface area (Å²) in [6.07, 6.45) is 3.23. The van der Waals surface area contributed by atoms with Gasteiger partial charge in [0.15, 0.2) is 0 Å². The van der Waals surface area contributed by atoms with Gasteiger partial charge in [-0.15, -0.1) is 0 Å². The number of rotatable bonds is 3. The number of carbonyl (C=O) groups excluding carboxylic acids is 1. The van der Waals surface area contributed by atoms with Crippen molar-refractivity contribution in [1.29, 1.82) is 0 Å². The zero-order valence-electron chi connectivity index (χ0n) is 9.20.